The van der Waals surface area contributed by atoms with Crippen LogP contribution < -0.4 is 10.5 Å². The van der Waals surface area contributed by atoms with Crippen LogP contribution in [0.2, 0.25) is 0 Å². The van der Waals surface area contributed by atoms with Gasteiger partial charge in [0.1, 0.15) is 12.4 Å². The Morgan fingerprint density at radius 3 is 2.14 bits per heavy atom. The second kappa shape index (κ2) is 9.16. The number of ether oxygens (including phenoxy) is 1. The van der Waals surface area contributed by atoms with Crippen molar-refractivity contribution in [2.75, 3.05) is 32.8 Å². The fraction of sp³-hybridized carbons (Fsp3) is 0.333. The molecule has 0 unspecified atom stereocenters. The summed E-state index contributed by atoms with van der Waals surface area (Å²) in [7, 11) is 0. The van der Waals surface area contributed by atoms with Gasteiger partial charge in [0.25, 0.3) is 0 Å². The molecule has 0 aliphatic carbocycles. The number of hydrogen-bond acceptors (Lipinski definition) is 3. The van der Waals surface area contributed by atoms with Crippen molar-refractivity contribution in [1.82, 2.24) is 4.90 Å². The van der Waals surface area contributed by atoms with E-state index in [1.165, 1.54) is 5.56 Å². The molecule has 21 heavy (non-hydrogen) atoms. The van der Waals surface area contributed by atoms with E-state index in [2.05, 4.69) is 35.2 Å². The Morgan fingerprint density at radius 2 is 1.48 bits per heavy atom. The molecule has 0 saturated carbocycles. The van der Waals surface area contributed by atoms with Gasteiger partial charge >= 0.3 is 0 Å². The fourth-order valence-corrected chi connectivity index (χ4v) is 2.26. The van der Waals surface area contributed by atoms with Gasteiger partial charge in [-0.25, -0.2) is 0 Å². The Labute approximate surface area is 127 Å². The van der Waals surface area contributed by atoms with Gasteiger partial charge < -0.3 is 10.5 Å². The number of nitrogens with zero attached hydrogens (tertiary/aromatic N) is 1. The molecule has 0 saturated heterocycles. The second-order valence-corrected chi connectivity index (χ2v) is 5.03. The van der Waals surface area contributed by atoms with Gasteiger partial charge in [-0.15, -0.1) is 0 Å². The van der Waals surface area contributed by atoms with Crippen molar-refractivity contribution in [2.45, 2.75) is 6.42 Å². The molecule has 2 N–H and O–H groups in total. The zero-order valence-electron chi connectivity index (χ0n) is 12.4. The summed E-state index contributed by atoms with van der Waals surface area (Å²) >= 11 is 0. The number of rotatable bonds is 9. The van der Waals surface area contributed by atoms with Gasteiger partial charge in [-0.3, -0.25) is 4.90 Å². The van der Waals surface area contributed by atoms with Crippen LogP contribution in [0.4, 0.5) is 0 Å². The number of benzene rings is 2. The van der Waals surface area contributed by atoms with E-state index >= 15 is 0 Å². The highest BCUT2D eigenvalue weighted by Crippen LogP contribution is 2.08. The predicted octanol–water partition coefficient (Wildman–Crippen LogP) is 2.57. The molecule has 3 nitrogen and oxygen atoms in total. The van der Waals surface area contributed by atoms with Crippen molar-refractivity contribution in [2.24, 2.45) is 5.73 Å². The number of hydrogen-bond donors (Lipinski definition) is 1. The quantitative estimate of drug-likeness (QED) is 0.769. The van der Waals surface area contributed by atoms with Crippen molar-refractivity contribution >= 4 is 0 Å². The molecular weight excluding hydrogens is 260 g/mol. The van der Waals surface area contributed by atoms with Gasteiger partial charge in [0.15, 0.2) is 0 Å². The Bertz CT molecular complexity index is 487. The molecule has 2 aromatic carbocycles. The van der Waals surface area contributed by atoms with Crippen molar-refractivity contribution in [3.8, 4) is 5.75 Å². The topological polar surface area (TPSA) is 38.5 Å². The molecule has 0 atom stereocenters. The first-order valence-electron chi connectivity index (χ1n) is 7.52. The van der Waals surface area contributed by atoms with E-state index in [0.29, 0.717) is 13.2 Å². The molecule has 2 rings (SSSR count). The van der Waals surface area contributed by atoms with Crippen LogP contribution in [0.15, 0.2) is 60.7 Å². The van der Waals surface area contributed by atoms with Gasteiger partial charge in [0.2, 0.25) is 0 Å². The fourth-order valence-electron chi connectivity index (χ4n) is 2.26. The monoisotopic (exact) mass is 284 g/mol. The predicted molar refractivity (Wildman–Crippen MR) is 87.6 cm³/mol. The Hall–Kier alpha value is -1.84. The van der Waals surface area contributed by atoms with E-state index in [-0.39, 0.29) is 0 Å². The number of para-hydroxylation sites is 1. The molecule has 0 aliphatic heterocycles. The molecule has 0 bridgehead atoms. The van der Waals surface area contributed by atoms with Crippen molar-refractivity contribution in [3.05, 3.63) is 66.2 Å². The standard InChI is InChI=1S/C18H24N2O/c19-12-14-20(13-11-17-7-3-1-4-8-17)15-16-21-18-9-5-2-6-10-18/h1-10H,11-16,19H2. The van der Waals surface area contributed by atoms with Crippen LogP contribution in [0.3, 0.4) is 0 Å². The smallest absolute Gasteiger partial charge is 0.119 e. The largest absolute Gasteiger partial charge is 0.492 e. The molecular formula is C18H24N2O. The lowest BCUT2D eigenvalue weighted by Gasteiger charge is -2.21. The highest BCUT2D eigenvalue weighted by molar-refractivity contribution is 5.20. The third-order valence-electron chi connectivity index (χ3n) is 3.42. The summed E-state index contributed by atoms with van der Waals surface area (Å²) < 4.78 is 5.75. The van der Waals surface area contributed by atoms with Crippen molar-refractivity contribution < 1.29 is 4.74 Å². The molecule has 0 aromatic heterocycles. The molecule has 0 aliphatic rings. The molecule has 112 valence electrons. The van der Waals surface area contributed by atoms with E-state index in [1.807, 2.05) is 30.3 Å². The highest BCUT2D eigenvalue weighted by Gasteiger charge is 2.04. The summed E-state index contributed by atoms with van der Waals surface area (Å²) in [5.41, 5.74) is 7.06. The van der Waals surface area contributed by atoms with Gasteiger partial charge in [-0.1, -0.05) is 48.5 Å². The summed E-state index contributed by atoms with van der Waals surface area (Å²) in [6, 6.07) is 20.5. The average molecular weight is 284 g/mol. The average Bonchev–Trinajstić information content (AvgIpc) is 2.54. The first-order chi connectivity index (χ1) is 10.4. The summed E-state index contributed by atoms with van der Waals surface area (Å²) in [5, 5.41) is 0. The van der Waals surface area contributed by atoms with E-state index in [9.17, 15) is 0 Å². The minimum Gasteiger partial charge on any atom is -0.492 e. The van der Waals surface area contributed by atoms with Gasteiger partial charge in [-0.05, 0) is 24.1 Å². The molecule has 0 radical (unpaired) electrons. The van der Waals surface area contributed by atoms with Crippen LogP contribution in [0.1, 0.15) is 5.56 Å². The van der Waals surface area contributed by atoms with E-state index in [1.54, 1.807) is 0 Å². The van der Waals surface area contributed by atoms with Crippen LogP contribution in [-0.4, -0.2) is 37.7 Å². The van der Waals surface area contributed by atoms with Crippen LogP contribution in [0.5, 0.6) is 5.75 Å². The molecule has 2 aromatic rings. The van der Waals surface area contributed by atoms with Crippen molar-refractivity contribution in [1.29, 1.82) is 0 Å². The molecule has 0 fully saturated rings. The molecule has 0 heterocycles. The highest BCUT2D eigenvalue weighted by atomic mass is 16.5. The lowest BCUT2D eigenvalue weighted by molar-refractivity contribution is 0.214. The van der Waals surface area contributed by atoms with Gasteiger partial charge in [0.05, 0.1) is 0 Å². The maximum atomic E-state index is 5.75. The summed E-state index contributed by atoms with van der Waals surface area (Å²) in [4.78, 5) is 2.36. The summed E-state index contributed by atoms with van der Waals surface area (Å²) in [5.74, 6) is 0.924. The zero-order chi connectivity index (χ0) is 14.8. The summed E-state index contributed by atoms with van der Waals surface area (Å²) in [6.45, 7) is 4.20. The molecule has 0 spiro atoms. The second-order valence-electron chi connectivity index (χ2n) is 5.03. The first-order valence-corrected chi connectivity index (χ1v) is 7.52. The first kappa shape index (κ1) is 15.5. The van der Waals surface area contributed by atoms with Crippen LogP contribution in [0, 0.1) is 0 Å². The van der Waals surface area contributed by atoms with E-state index < -0.39 is 0 Å². The van der Waals surface area contributed by atoms with E-state index in [4.69, 9.17) is 10.5 Å². The summed E-state index contributed by atoms with van der Waals surface area (Å²) in [6.07, 6.45) is 1.05. The number of nitrogens with two attached hydrogens (primary N) is 1. The third kappa shape index (κ3) is 5.98. The Morgan fingerprint density at radius 1 is 0.810 bits per heavy atom. The lowest BCUT2D eigenvalue weighted by Crippen LogP contribution is -2.34. The maximum absolute atomic E-state index is 5.75. The van der Waals surface area contributed by atoms with Gasteiger partial charge in [-0.2, -0.15) is 0 Å². The van der Waals surface area contributed by atoms with Crippen LogP contribution in [0.25, 0.3) is 0 Å². The normalized spacial score (nSPS) is 10.8. The van der Waals surface area contributed by atoms with Crippen LogP contribution in [-0.2, 0) is 6.42 Å². The van der Waals surface area contributed by atoms with Gasteiger partial charge in [0, 0.05) is 26.2 Å². The minimum atomic E-state index is 0.681. The Kier molecular flexibility index (Phi) is 6.78. The Balaban J connectivity index is 1.73. The maximum Gasteiger partial charge on any atom is 0.119 e. The third-order valence-corrected chi connectivity index (χ3v) is 3.42. The van der Waals surface area contributed by atoms with E-state index in [0.717, 1.165) is 31.8 Å². The van der Waals surface area contributed by atoms with Crippen LogP contribution >= 0.6 is 0 Å². The lowest BCUT2D eigenvalue weighted by atomic mass is 10.1. The molecule has 0 amide bonds. The van der Waals surface area contributed by atoms with Crippen molar-refractivity contribution in [3.63, 3.8) is 0 Å². The zero-order valence-corrected chi connectivity index (χ0v) is 12.4. The SMILES string of the molecule is NCCN(CCOc1ccccc1)CCc1ccccc1. The molecule has 3 heteroatoms. The minimum absolute atomic E-state index is 0.681.